The predicted molar refractivity (Wildman–Crippen MR) is 69.4 cm³/mol. The number of rotatable bonds is 5. The van der Waals surface area contributed by atoms with Gasteiger partial charge in [0.2, 0.25) is 5.91 Å². The Bertz CT molecular complexity index is 708. The summed E-state index contributed by atoms with van der Waals surface area (Å²) in [4.78, 5) is 14.3. The van der Waals surface area contributed by atoms with E-state index < -0.39 is 15.9 Å². The molecule has 0 aliphatic rings. The number of thiazole rings is 1. The van der Waals surface area contributed by atoms with E-state index in [-0.39, 0.29) is 20.9 Å². The minimum Gasteiger partial charge on any atom is -0.368 e. The standard InChI is InChI=1S/C8H8ClN5O3S2/c9-8-11-2-7(18-8)19(16,17)13-5-1-12-14(3-5)4-6(10)15/h1-3,13H,4H2,(H2,10,15). The van der Waals surface area contributed by atoms with E-state index in [1.807, 2.05) is 0 Å². The van der Waals surface area contributed by atoms with Crippen molar-refractivity contribution in [3.8, 4) is 0 Å². The number of amides is 1. The van der Waals surface area contributed by atoms with Crippen LogP contribution in [-0.2, 0) is 21.4 Å². The molecule has 0 saturated heterocycles. The van der Waals surface area contributed by atoms with Gasteiger partial charge >= 0.3 is 0 Å². The van der Waals surface area contributed by atoms with Crippen molar-refractivity contribution in [1.29, 1.82) is 0 Å². The lowest BCUT2D eigenvalue weighted by Crippen LogP contribution is -2.18. The zero-order valence-electron chi connectivity index (χ0n) is 9.28. The van der Waals surface area contributed by atoms with Crippen LogP contribution in [0, 0.1) is 0 Å². The van der Waals surface area contributed by atoms with Crippen molar-refractivity contribution in [2.45, 2.75) is 10.8 Å². The molecular formula is C8H8ClN5O3S2. The molecular weight excluding hydrogens is 314 g/mol. The van der Waals surface area contributed by atoms with Crippen LogP contribution in [0.5, 0.6) is 0 Å². The molecule has 0 saturated carbocycles. The maximum Gasteiger partial charge on any atom is 0.273 e. The maximum atomic E-state index is 11.9. The van der Waals surface area contributed by atoms with E-state index >= 15 is 0 Å². The van der Waals surface area contributed by atoms with Gasteiger partial charge in [-0.25, -0.2) is 13.4 Å². The molecule has 0 spiro atoms. The summed E-state index contributed by atoms with van der Waals surface area (Å²) in [5.41, 5.74) is 5.21. The fourth-order valence-corrected chi connectivity index (χ4v) is 3.55. The van der Waals surface area contributed by atoms with Gasteiger partial charge in [-0.2, -0.15) is 5.10 Å². The van der Waals surface area contributed by atoms with Crippen molar-refractivity contribution in [1.82, 2.24) is 14.8 Å². The van der Waals surface area contributed by atoms with Gasteiger partial charge in [0.05, 0.1) is 18.1 Å². The molecule has 0 bridgehead atoms. The third-order valence-electron chi connectivity index (χ3n) is 1.92. The van der Waals surface area contributed by atoms with Crippen LogP contribution >= 0.6 is 22.9 Å². The summed E-state index contributed by atoms with van der Waals surface area (Å²) in [5, 5.41) is 3.79. The number of aromatic nitrogens is 3. The summed E-state index contributed by atoms with van der Waals surface area (Å²) < 4.78 is 27.5. The highest BCUT2D eigenvalue weighted by molar-refractivity contribution is 7.94. The molecule has 0 radical (unpaired) electrons. The fraction of sp³-hybridized carbons (Fsp3) is 0.125. The second-order valence-electron chi connectivity index (χ2n) is 3.43. The van der Waals surface area contributed by atoms with E-state index in [2.05, 4.69) is 14.8 Å². The number of nitrogens with zero attached hydrogens (tertiary/aromatic N) is 3. The van der Waals surface area contributed by atoms with E-state index in [9.17, 15) is 13.2 Å². The minimum atomic E-state index is -3.76. The molecule has 0 aliphatic heterocycles. The molecule has 0 aliphatic carbocycles. The molecule has 0 atom stereocenters. The highest BCUT2D eigenvalue weighted by Gasteiger charge is 2.18. The van der Waals surface area contributed by atoms with Crippen LogP contribution in [0.1, 0.15) is 0 Å². The summed E-state index contributed by atoms with van der Waals surface area (Å²) in [6.45, 7) is -0.131. The molecule has 102 valence electrons. The molecule has 2 heterocycles. The average molecular weight is 322 g/mol. The number of hydrogen-bond donors (Lipinski definition) is 2. The Labute approximate surface area is 117 Å². The monoisotopic (exact) mass is 321 g/mol. The summed E-state index contributed by atoms with van der Waals surface area (Å²) in [6.07, 6.45) is 3.78. The van der Waals surface area contributed by atoms with Gasteiger partial charge in [0, 0.05) is 6.20 Å². The zero-order valence-corrected chi connectivity index (χ0v) is 11.7. The van der Waals surface area contributed by atoms with Gasteiger partial charge in [0.15, 0.2) is 8.68 Å². The Morgan fingerprint density at radius 2 is 2.26 bits per heavy atom. The number of anilines is 1. The van der Waals surface area contributed by atoms with Gasteiger partial charge in [0.25, 0.3) is 10.0 Å². The van der Waals surface area contributed by atoms with Crippen molar-refractivity contribution in [2.24, 2.45) is 5.73 Å². The van der Waals surface area contributed by atoms with Gasteiger partial charge < -0.3 is 5.73 Å². The zero-order chi connectivity index (χ0) is 14.0. The number of carbonyl (C=O) groups excluding carboxylic acids is 1. The van der Waals surface area contributed by atoms with Crippen LogP contribution in [0.2, 0.25) is 4.47 Å². The van der Waals surface area contributed by atoms with E-state index in [0.29, 0.717) is 0 Å². The highest BCUT2D eigenvalue weighted by atomic mass is 35.5. The Hall–Kier alpha value is -1.65. The van der Waals surface area contributed by atoms with Crippen LogP contribution < -0.4 is 10.5 Å². The van der Waals surface area contributed by atoms with Crippen molar-refractivity contribution >= 4 is 44.6 Å². The van der Waals surface area contributed by atoms with Gasteiger partial charge in [-0.05, 0) is 0 Å². The normalized spacial score (nSPS) is 11.4. The lowest BCUT2D eigenvalue weighted by atomic mass is 10.6. The van der Waals surface area contributed by atoms with Crippen LogP contribution in [0.4, 0.5) is 5.69 Å². The SMILES string of the molecule is NC(=O)Cn1cc(NS(=O)(=O)c2cnc(Cl)s2)cn1. The molecule has 3 N–H and O–H groups in total. The largest absolute Gasteiger partial charge is 0.368 e. The molecule has 2 rings (SSSR count). The Kier molecular flexibility index (Phi) is 3.73. The molecule has 0 aromatic carbocycles. The van der Waals surface area contributed by atoms with Crippen LogP contribution in [0.3, 0.4) is 0 Å². The number of hydrogen-bond acceptors (Lipinski definition) is 6. The predicted octanol–water partition coefficient (Wildman–Crippen LogP) is 0.279. The third kappa shape index (κ3) is 3.43. The first-order valence-corrected chi connectivity index (χ1v) is 7.49. The van der Waals surface area contributed by atoms with E-state index in [0.717, 1.165) is 17.5 Å². The topological polar surface area (TPSA) is 120 Å². The smallest absolute Gasteiger partial charge is 0.273 e. The average Bonchev–Trinajstić information content (AvgIpc) is 2.87. The van der Waals surface area contributed by atoms with Crippen molar-refractivity contribution in [2.75, 3.05) is 4.72 Å². The summed E-state index contributed by atoms with van der Waals surface area (Å²) in [6, 6.07) is 0. The number of carbonyl (C=O) groups is 1. The first-order valence-electron chi connectivity index (χ1n) is 4.82. The first kappa shape index (κ1) is 13.8. The van der Waals surface area contributed by atoms with Crippen LogP contribution in [-0.4, -0.2) is 29.1 Å². The highest BCUT2D eigenvalue weighted by Crippen LogP contribution is 2.24. The Morgan fingerprint density at radius 3 is 2.84 bits per heavy atom. The number of halogens is 1. The van der Waals surface area contributed by atoms with Crippen LogP contribution in [0.25, 0.3) is 0 Å². The molecule has 1 amide bonds. The fourth-order valence-electron chi connectivity index (χ4n) is 1.23. The molecule has 0 fully saturated rings. The molecule has 2 aromatic heterocycles. The van der Waals surface area contributed by atoms with Crippen LogP contribution in [0.15, 0.2) is 22.8 Å². The molecule has 11 heteroatoms. The lowest BCUT2D eigenvalue weighted by molar-refractivity contribution is -0.118. The Morgan fingerprint density at radius 1 is 1.53 bits per heavy atom. The molecule has 2 aromatic rings. The van der Waals surface area contributed by atoms with Gasteiger partial charge in [0.1, 0.15) is 6.54 Å². The second kappa shape index (κ2) is 5.15. The molecule has 8 nitrogen and oxygen atoms in total. The van der Waals surface area contributed by atoms with Gasteiger partial charge in [-0.15, -0.1) is 0 Å². The quantitative estimate of drug-likeness (QED) is 0.819. The van der Waals surface area contributed by atoms with E-state index in [1.54, 1.807) is 0 Å². The Balaban J connectivity index is 2.16. The lowest BCUT2D eigenvalue weighted by Gasteiger charge is -2.01. The number of nitrogens with two attached hydrogens (primary N) is 1. The van der Waals surface area contributed by atoms with E-state index in [1.165, 1.54) is 17.1 Å². The third-order valence-corrected chi connectivity index (χ3v) is 4.88. The number of nitrogens with one attached hydrogen (secondary N) is 1. The van der Waals surface area contributed by atoms with Crippen molar-refractivity contribution in [3.63, 3.8) is 0 Å². The molecule has 19 heavy (non-hydrogen) atoms. The van der Waals surface area contributed by atoms with E-state index in [4.69, 9.17) is 17.3 Å². The minimum absolute atomic E-state index is 0.0137. The molecule has 0 unspecified atom stereocenters. The second-order valence-corrected chi connectivity index (χ2v) is 6.95. The van der Waals surface area contributed by atoms with Gasteiger partial charge in [-0.1, -0.05) is 22.9 Å². The van der Waals surface area contributed by atoms with Crippen molar-refractivity contribution < 1.29 is 13.2 Å². The maximum absolute atomic E-state index is 11.9. The van der Waals surface area contributed by atoms with Gasteiger partial charge in [-0.3, -0.25) is 14.2 Å². The number of primary amides is 1. The first-order chi connectivity index (χ1) is 8.87. The summed E-state index contributed by atoms with van der Waals surface area (Å²) >= 11 is 6.41. The summed E-state index contributed by atoms with van der Waals surface area (Å²) in [5.74, 6) is -0.577. The number of sulfonamides is 1. The van der Waals surface area contributed by atoms with Crippen molar-refractivity contribution in [3.05, 3.63) is 23.1 Å². The summed E-state index contributed by atoms with van der Waals surface area (Å²) in [7, 11) is -3.76.